The smallest absolute Gasteiger partial charge is 0.121 e. The number of aromatic hydroxyl groups is 1. The van der Waals surface area contributed by atoms with E-state index in [0.717, 1.165) is 30.3 Å². The summed E-state index contributed by atoms with van der Waals surface area (Å²) in [4.78, 5) is 10.1. The van der Waals surface area contributed by atoms with E-state index in [-0.39, 0.29) is 0 Å². The van der Waals surface area contributed by atoms with E-state index in [4.69, 9.17) is 0 Å². The minimum atomic E-state index is 0.379. The molecule has 76 valence electrons. The average Bonchev–Trinajstić information content (AvgIpc) is 2.14. The summed E-state index contributed by atoms with van der Waals surface area (Å²) in [6.07, 6.45) is 3.34. The maximum absolute atomic E-state index is 10.1. The second-order valence-corrected chi connectivity index (χ2v) is 3.64. The molecule has 0 aromatic heterocycles. The third-order valence-corrected chi connectivity index (χ3v) is 2.34. The summed E-state index contributed by atoms with van der Waals surface area (Å²) in [5, 5.41) is 9.55. The Balaban J connectivity index is 2.74. The van der Waals surface area contributed by atoms with Crippen molar-refractivity contribution in [2.75, 3.05) is 0 Å². The van der Waals surface area contributed by atoms with Gasteiger partial charge in [0.05, 0.1) is 0 Å². The number of rotatable bonds is 4. The molecule has 1 aromatic rings. The molecule has 0 saturated heterocycles. The number of carbonyl (C=O) groups excluding carboxylic acids is 1. The number of phenols is 1. The second kappa shape index (κ2) is 4.80. The minimum absolute atomic E-state index is 0.379. The molecule has 0 aliphatic carbocycles. The van der Waals surface area contributed by atoms with Crippen molar-refractivity contribution >= 4 is 6.29 Å². The first-order chi connectivity index (χ1) is 6.65. The maximum atomic E-state index is 10.1. The van der Waals surface area contributed by atoms with E-state index in [0.29, 0.717) is 12.2 Å². The summed E-state index contributed by atoms with van der Waals surface area (Å²) in [7, 11) is 0. The number of unbranched alkanes of at least 4 members (excludes halogenated alkanes) is 1. The van der Waals surface area contributed by atoms with Crippen molar-refractivity contribution < 1.29 is 9.90 Å². The summed E-state index contributed by atoms with van der Waals surface area (Å²) in [6.45, 7) is 3.79. The molecule has 1 aromatic carbocycles. The Labute approximate surface area is 84.6 Å². The molecule has 0 atom stereocenters. The fourth-order valence-corrected chi connectivity index (χ4v) is 1.58. The molecule has 1 rings (SSSR count). The van der Waals surface area contributed by atoms with Crippen LogP contribution in [0.25, 0.3) is 0 Å². The van der Waals surface area contributed by atoms with E-state index in [2.05, 4.69) is 0 Å². The van der Waals surface area contributed by atoms with Gasteiger partial charge < -0.3 is 9.90 Å². The monoisotopic (exact) mass is 192 g/mol. The van der Waals surface area contributed by atoms with Crippen LogP contribution in [0.4, 0.5) is 0 Å². The largest absolute Gasteiger partial charge is 0.507 e. The molecule has 0 heterocycles. The van der Waals surface area contributed by atoms with Crippen LogP contribution < -0.4 is 0 Å². The first kappa shape index (κ1) is 10.8. The Bertz CT molecular complexity index is 306. The predicted octanol–water partition coefficient (Wildman–Crippen LogP) is 2.53. The number of aldehydes is 1. The van der Waals surface area contributed by atoms with E-state index >= 15 is 0 Å². The van der Waals surface area contributed by atoms with Crippen molar-refractivity contribution in [1.82, 2.24) is 0 Å². The number of hydrogen-bond acceptors (Lipinski definition) is 2. The van der Waals surface area contributed by atoms with Crippen LogP contribution in [-0.2, 0) is 11.2 Å². The third kappa shape index (κ3) is 2.59. The van der Waals surface area contributed by atoms with Crippen LogP contribution in [0.5, 0.6) is 5.75 Å². The summed E-state index contributed by atoms with van der Waals surface area (Å²) in [5.74, 6) is 0.379. The summed E-state index contributed by atoms with van der Waals surface area (Å²) < 4.78 is 0. The molecule has 2 nitrogen and oxygen atoms in total. The third-order valence-electron chi connectivity index (χ3n) is 2.34. The number of hydrogen-bond donors (Lipinski definition) is 1. The van der Waals surface area contributed by atoms with Gasteiger partial charge in [0.15, 0.2) is 0 Å². The van der Waals surface area contributed by atoms with Crippen molar-refractivity contribution in [3.63, 3.8) is 0 Å². The van der Waals surface area contributed by atoms with E-state index in [1.54, 1.807) is 0 Å². The summed E-state index contributed by atoms with van der Waals surface area (Å²) in [6, 6.07) is 3.96. The molecule has 0 fully saturated rings. The highest BCUT2D eigenvalue weighted by atomic mass is 16.3. The van der Waals surface area contributed by atoms with Crippen LogP contribution >= 0.6 is 0 Å². The number of benzene rings is 1. The van der Waals surface area contributed by atoms with Gasteiger partial charge in [0.25, 0.3) is 0 Å². The Morgan fingerprint density at radius 1 is 1.29 bits per heavy atom. The van der Waals surface area contributed by atoms with E-state index in [1.807, 2.05) is 26.0 Å². The van der Waals surface area contributed by atoms with Gasteiger partial charge in [-0.1, -0.05) is 12.1 Å². The quantitative estimate of drug-likeness (QED) is 0.588. The van der Waals surface area contributed by atoms with Crippen molar-refractivity contribution in [2.45, 2.75) is 33.1 Å². The first-order valence-corrected chi connectivity index (χ1v) is 4.88. The lowest BCUT2D eigenvalue weighted by atomic mass is 10.0. The molecule has 0 aliphatic rings. The lowest BCUT2D eigenvalue weighted by Gasteiger charge is -2.06. The molecule has 0 aliphatic heterocycles. The first-order valence-electron chi connectivity index (χ1n) is 4.88. The summed E-state index contributed by atoms with van der Waals surface area (Å²) in [5.41, 5.74) is 3.01. The Kier molecular flexibility index (Phi) is 3.69. The molecular weight excluding hydrogens is 176 g/mol. The minimum Gasteiger partial charge on any atom is -0.507 e. The van der Waals surface area contributed by atoms with Crippen LogP contribution in [0.2, 0.25) is 0 Å². The number of phenolic OH excluding ortho intramolecular Hbond substituents is 1. The van der Waals surface area contributed by atoms with Crippen LogP contribution in [0, 0.1) is 13.8 Å². The highest BCUT2D eigenvalue weighted by Crippen LogP contribution is 2.23. The van der Waals surface area contributed by atoms with E-state index in [1.165, 1.54) is 5.56 Å². The molecule has 14 heavy (non-hydrogen) atoms. The Morgan fingerprint density at radius 3 is 2.36 bits per heavy atom. The van der Waals surface area contributed by atoms with Crippen LogP contribution in [0.3, 0.4) is 0 Å². The van der Waals surface area contributed by atoms with Gasteiger partial charge in [-0.3, -0.25) is 0 Å². The zero-order valence-electron chi connectivity index (χ0n) is 8.71. The average molecular weight is 192 g/mol. The lowest BCUT2D eigenvalue weighted by molar-refractivity contribution is -0.107. The van der Waals surface area contributed by atoms with Gasteiger partial charge in [0.1, 0.15) is 12.0 Å². The normalized spacial score (nSPS) is 10.1. The molecule has 1 N–H and O–H groups in total. The van der Waals surface area contributed by atoms with Gasteiger partial charge in [0, 0.05) is 6.42 Å². The molecule has 2 heteroatoms. The maximum Gasteiger partial charge on any atom is 0.121 e. The number of carbonyl (C=O) groups is 1. The molecule has 0 bridgehead atoms. The van der Waals surface area contributed by atoms with Gasteiger partial charge in [-0.05, 0) is 43.4 Å². The van der Waals surface area contributed by atoms with E-state index in [9.17, 15) is 9.90 Å². The summed E-state index contributed by atoms with van der Waals surface area (Å²) >= 11 is 0. The highest BCUT2D eigenvalue weighted by Gasteiger charge is 2.02. The van der Waals surface area contributed by atoms with Crippen molar-refractivity contribution in [3.8, 4) is 5.75 Å². The van der Waals surface area contributed by atoms with Gasteiger partial charge in [0.2, 0.25) is 0 Å². The van der Waals surface area contributed by atoms with Gasteiger partial charge >= 0.3 is 0 Å². The topological polar surface area (TPSA) is 37.3 Å². The second-order valence-electron chi connectivity index (χ2n) is 3.64. The predicted molar refractivity (Wildman–Crippen MR) is 56.6 cm³/mol. The van der Waals surface area contributed by atoms with Crippen molar-refractivity contribution in [2.24, 2.45) is 0 Å². The zero-order chi connectivity index (χ0) is 10.6. The van der Waals surface area contributed by atoms with Crippen LogP contribution in [0.1, 0.15) is 29.5 Å². The Morgan fingerprint density at radius 2 is 1.86 bits per heavy atom. The molecule has 0 radical (unpaired) electrons. The van der Waals surface area contributed by atoms with E-state index < -0.39 is 0 Å². The lowest BCUT2D eigenvalue weighted by Crippen LogP contribution is -1.90. The fourth-order valence-electron chi connectivity index (χ4n) is 1.58. The van der Waals surface area contributed by atoms with Crippen molar-refractivity contribution in [3.05, 3.63) is 28.8 Å². The highest BCUT2D eigenvalue weighted by molar-refractivity contribution is 5.49. The standard InChI is InChI=1S/C12H16O2/c1-9-7-11(5-3-4-6-13)8-10(2)12(9)14/h6-8,14H,3-5H2,1-2H3. The molecular formula is C12H16O2. The van der Waals surface area contributed by atoms with Crippen LogP contribution in [0.15, 0.2) is 12.1 Å². The molecule has 0 unspecified atom stereocenters. The van der Waals surface area contributed by atoms with Crippen LogP contribution in [-0.4, -0.2) is 11.4 Å². The van der Waals surface area contributed by atoms with Gasteiger partial charge in [-0.25, -0.2) is 0 Å². The molecule has 0 amide bonds. The van der Waals surface area contributed by atoms with Crippen molar-refractivity contribution in [1.29, 1.82) is 0 Å². The SMILES string of the molecule is Cc1cc(CCCC=O)cc(C)c1O. The molecule has 0 spiro atoms. The number of aryl methyl sites for hydroxylation is 3. The molecule has 0 saturated carbocycles. The fraction of sp³-hybridized carbons (Fsp3) is 0.417. The van der Waals surface area contributed by atoms with Gasteiger partial charge in [-0.15, -0.1) is 0 Å². The van der Waals surface area contributed by atoms with Gasteiger partial charge in [-0.2, -0.15) is 0 Å². The Hall–Kier alpha value is -1.31. The zero-order valence-corrected chi connectivity index (χ0v) is 8.71.